The van der Waals surface area contributed by atoms with Gasteiger partial charge in [-0.25, -0.2) is 12.8 Å². The van der Waals surface area contributed by atoms with E-state index in [0.717, 1.165) is 19.3 Å². The molecule has 0 aliphatic carbocycles. The van der Waals surface area contributed by atoms with Gasteiger partial charge in [-0.05, 0) is 37.5 Å². The number of fused-ring (bicyclic) bond motifs is 2. The van der Waals surface area contributed by atoms with Crippen LogP contribution in [-0.4, -0.2) is 37.9 Å². The summed E-state index contributed by atoms with van der Waals surface area (Å²) in [5.41, 5.74) is 0. The maximum atomic E-state index is 13.9. The summed E-state index contributed by atoms with van der Waals surface area (Å²) in [5.74, 6) is -0.699. The minimum atomic E-state index is -3.77. The number of rotatable bonds is 2. The molecule has 2 heterocycles. The summed E-state index contributed by atoms with van der Waals surface area (Å²) < 4.78 is 41.1. The Morgan fingerprint density at radius 1 is 1.25 bits per heavy atom. The molecule has 1 N–H and O–H groups in total. The maximum Gasteiger partial charge on any atom is 0.246 e. The van der Waals surface area contributed by atoms with Crippen LogP contribution >= 0.6 is 15.9 Å². The molecule has 2 unspecified atom stereocenters. The average Bonchev–Trinajstić information content (AvgIpc) is 2.71. The Kier molecular flexibility index (Phi) is 3.87. The molecule has 110 valence electrons. The van der Waals surface area contributed by atoms with Gasteiger partial charge < -0.3 is 5.32 Å². The van der Waals surface area contributed by atoms with Crippen molar-refractivity contribution < 1.29 is 12.8 Å². The Morgan fingerprint density at radius 2 is 2.00 bits per heavy atom. The summed E-state index contributed by atoms with van der Waals surface area (Å²) in [4.78, 5) is -0.246. The molecular formula is C13H16BrFN2O2S. The smallest absolute Gasteiger partial charge is 0.246 e. The standard InChI is InChI=1S/C13H16BrFN2O2S/c14-9-1-4-12(15)13(7-9)20(18,19)17-6-5-10-2-3-11(8-17)16-10/h1,4,7,10-11,16H,2-3,5-6,8H2. The Bertz CT molecular complexity index is 623. The molecule has 2 aliphatic rings. The number of hydrogen-bond acceptors (Lipinski definition) is 3. The van der Waals surface area contributed by atoms with E-state index in [4.69, 9.17) is 0 Å². The normalized spacial score (nSPS) is 27.5. The number of sulfonamides is 1. The van der Waals surface area contributed by atoms with Crippen LogP contribution in [0.25, 0.3) is 0 Å². The Labute approximate surface area is 126 Å². The fourth-order valence-electron chi connectivity index (χ4n) is 2.94. The molecule has 2 fully saturated rings. The van der Waals surface area contributed by atoms with Crippen molar-refractivity contribution in [3.05, 3.63) is 28.5 Å². The fourth-order valence-corrected chi connectivity index (χ4v) is 5.05. The lowest BCUT2D eigenvalue weighted by atomic mass is 10.1. The largest absolute Gasteiger partial charge is 0.310 e. The van der Waals surface area contributed by atoms with Gasteiger partial charge in [-0.3, -0.25) is 0 Å². The highest BCUT2D eigenvalue weighted by Gasteiger charge is 2.36. The highest BCUT2D eigenvalue weighted by Crippen LogP contribution is 2.27. The van der Waals surface area contributed by atoms with Crippen molar-refractivity contribution in [1.82, 2.24) is 9.62 Å². The Hall–Kier alpha value is -0.500. The maximum absolute atomic E-state index is 13.9. The second-order valence-corrected chi connectivity index (χ2v) is 8.19. The molecule has 0 spiro atoms. The van der Waals surface area contributed by atoms with E-state index in [1.54, 1.807) is 0 Å². The van der Waals surface area contributed by atoms with Crippen LogP contribution in [0.5, 0.6) is 0 Å². The van der Waals surface area contributed by atoms with E-state index in [9.17, 15) is 12.8 Å². The van der Waals surface area contributed by atoms with Crippen LogP contribution < -0.4 is 5.32 Å². The summed E-state index contributed by atoms with van der Waals surface area (Å²) >= 11 is 3.20. The topological polar surface area (TPSA) is 49.4 Å². The minimum Gasteiger partial charge on any atom is -0.310 e. The van der Waals surface area contributed by atoms with Crippen LogP contribution in [0, 0.1) is 5.82 Å². The van der Waals surface area contributed by atoms with Crippen molar-refractivity contribution in [1.29, 1.82) is 0 Å². The summed E-state index contributed by atoms with van der Waals surface area (Å²) in [5, 5.41) is 3.42. The first-order valence-corrected chi connectivity index (χ1v) is 8.91. The highest BCUT2D eigenvalue weighted by atomic mass is 79.9. The number of benzene rings is 1. The summed E-state index contributed by atoms with van der Waals surface area (Å²) in [6, 6.07) is 4.60. The van der Waals surface area contributed by atoms with Crippen LogP contribution in [0.15, 0.2) is 27.6 Å². The molecule has 0 saturated carbocycles. The van der Waals surface area contributed by atoms with Gasteiger partial charge in [-0.2, -0.15) is 4.31 Å². The predicted molar refractivity (Wildman–Crippen MR) is 77.4 cm³/mol. The molecule has 3 rings (SSSR count). The van der Waals surface area contributed by atoms with Crippen molar-refractivity contribution >= 4 is 26.0 Å². The van der Waals surface area contributed by atoms with E-state index in [2.05, 4.69) is 21.2 Å². The molecule has 0 aromatic heterocycles. The average molecular weight is 363 g/mol. The molecular weight excluding hydrogens is 347 g/mol. The molecule has 0 amide bonds. The molecule has 7 heteroatoms. The van der Waals surface area contributed by atoms with Gasteiger partial charge in [0.2, 0.25) is 10.0 Å². The third kappa shape index (κ3) is 2.64. The van der Waals surface area contributed by atoms with Gasteiger partial charge in [0.25, 0.3) is 0 Å². The van der Waals surface area contributed by atoms with Crippen LogP contribution in [0.2, 0.25) is 0 Å². The highest BCUT2D eigenvalue weighted by molar-refractivity contribution is 9.10. The number of halogens is 2. The third-order valence-electron chi connectivity index (χ3n) is 4.00. The second kappa shape index (κ2) is 5.36. The van der Waals surface area contributed by atoms with Crippen LogP contribution in [0.3, 0.4) is 0 Å². The van der Waals surface area contributed by atoms with Gasteiger partial charge in [0.15, 0.2) is 0 Å². The lowest BCUT2D eigenvalue weighted by Gasteiger charge is -2.23. The summed E-state index contributed by atoms with van der Waals surface area (Å²) in [6.07, 6.45) is 2.87. The monoisotopic (exact) mass is 362 g/mol. The first kappa shape index (κ1) is 14.4. The Balaban J connectivity index is 1.93. The lowest BCUT2D eigenvalue weighted by molar-refractivity contribution is 0.381. The van der Waals surface area contributed by atoms with Crippen LogP contribution in [-0.2, 0) is 10.0 Å². The van der Waals surface area contributed by atoms with Crippen molar-refractivity contribution in [2.45, 2.75) is 36.2 Å². The first-order valence-electron chi connectivity index (χ1n) is 6.68. The zero-order valence-corrected chi connectivity index (χ0v) is 13.3. The summed E-state index contributed by atoms with van der Waals surface area (Å²) in [7, 11) is -3.77. The number of nitrogens with one attached hydrogen (secondary N) is 1. The van der Waals surface area contributed by atoms with Crippen molar-refractivity contribution in [2.24, 2.45) is 0 Å². The van der Waals surface area contributed by atoms with E-state index >= 15 is 0 Å². The molecule has 20 heavy (non-hydrogen) atoms. The third-order valence-corrected chi connectivity index (χ3v) is 6.37. The van der Waals surface area contributed by atoms with Gasteiger partial charge in [0.05, 0.1) is 0 Å². The molecule has 4 nitrogen and oxygen atoms in total. The SMILES string of the molecule is O=S(=O)(c1cc(Br)ccc1F)N1CCC2CCC(C1)N2. The minimum absolute atomic E-state index is 0.187. The quantitative estimate of drug-likeness (QED) is 0.876. The molecule has 2 atom stereocenters. The zero-order chi connectivity index (χ0) is 14.3. The van der Waals surface area contributed by atoms with E-state index in [1.807, 2.05) is 0 Å². The van der Waals surface area contributed by atoms with Crippen LogP contribution in [0.1, 0.15) is 19.3 Å². The van der Waals surface area contributed by atoms with Crippen molar-refractivity contribution in [3.8, 4) is 0 Å². The van der Waals surface area contributed by atoms with E-state index in [0.29, 0.717) is 23.6 Å². The zero-order valence-electron chi connectivity index (χ0n) is 10.9. The fraction of sp³-hybridized carbons (Fsp3) is 0.538. The van der Waals surface area contributed by atoms with E-state index in [-0.39, 0.29) is 10.9 Å². The number of nitrogens with zero attached hydrogens (tertiary/aromatic N) is 1. The van der Waals surface area contributed by atoms with Gasteiger partial charge in [-0.1, -0.05) is 15.9 Å². The lowest BCUT2D eigenvalue weighted by Crippen LogP contribution is -2.39. The molecule has 1 aromatic rings. The van der Waals surface area contributed by atoms with E-state index in [1.165, 1.54) is 22.5 Å². The molecule has 0 radical (unpaired) electrons. The predicted octanol–water partition coefficient (Wildman–Crippen LogP) is 2.10. The van der Waals surface area contributed by atoms with Gasteiger partial charge in [-0.15, -0.1) is 0 Å². The van der Waals surface area contributed by atoms with Gasteiger partial charge in [0, 0.05) is 29.6 Å². The van der Waals surface area contributed by atoms with Crippen molar-refractivity contribution in [2.75, 3.05) is 13.1 Å². The molecule has 2 bridgehead atoms. The van der Waals surface area contributed by atoms with E-state index < -0.39 is 15.8 Å². The molecule has 1 aromatic carbocycles. The Morgan fingerprint density at radius 3 is 2.80 bits per heavy atom. The van der Waals surface area contributed by atoms with Crippen molar-refractivity contribution in [3.63, 3.8) is 0 Å². The number of hydrogen-bond donors (Lipinski definition) is 1. The molecule has 2 aliphatic heterocycles. The van der Waals surface area contributed by atoms with Gasteiger partial charge in [0.1, 0.15) is 10.7 Å². The summed E-state index contributed by atoms with van der Waals surface area (Å²) in [6.45, 7) is 0.868. The second-order valence-electron chi connectivity index (χ2n) is 5.36. The van der Waals surface area contributed by atoms with Crippen LogP contribution in [0.4, 0.5) is 4.39 Å². The first-order chi connectivity index (χ1) is 9.46. The molecule has 2 saturated heterocycles. The van der Waals surface area contributed by atoms with Gasteiger partial charge >= 0.3 is 0 Å².